The lowest BCUT2D eigenvalue weighted by Crippen LogP contribution is -2.39. The molecule has 0 spiro atoms. The van der Waals surface area contributed by atoms with Crippen molar-refractivity contribution in [2.24, 2.45) is 5.92 Å². The van der Waals surface area contributed by atoms with Crippen molar-refractivity contribution in [2.45, 2.75) is 44.5 Å². The molecule has 1 unspecified atom stereocenters. The van der Waals surface area contributed by atoms with Crippen molar-refractivity contribution < 1.29 is 23.1 Å². The van der Waals surface area contributed by atoms with E-state index in [0.717, 1.165) is 12.8 Å². The molecule has 1 saturated carbocycles. The lowest BCUT2D eigenvalue weighted by Gasteiger charge is -2.26. The molecule has 1 aromatic heterocycles. The van der Waals surface area contributed by atoms with Gasteiger partial charge >= 0.3 is 12.2 Å². The maximum absolute atomic E-state index is 12.9. The van der Waals surface area contributed by atoms with E-state index in [0.29, 0.717) is 24.3 Å². The Bertz CT molecular complexity index is 811. The maximum Gasteiger partial charge on any atom is 0.421 e. The van der Waals surface area contributed by atoms with E-state index in [4.69, 9.17) is 0 Å². The number of carbonyl (C=O) groups is 1. The third-order valence-electron chi connectivity index (χ3n) is 4.76. The Balaban J connectivity index is 1.66. The second kappa shape index (κ2) is 6.88. The number of anilines is 1. The van der Waals surface area contributed by atoms with Crippen LogP contribution in [-0.4, -0.2) is 33.1 Å². The lowest BCUT2D eigenvalue weighted by molar-refractivity contribution is -0.258. The molecule has 27 heavy (non-hydrogen) atoms. The minimum absolute atomic E-state index is 0.0982. The van der Waals surface area contributed by atoms with Crippen molar-refractivity contribution >= 4 is 11.8 Å². The number of hydrogen-bond acceptors (Lipinski definition) is 3. The zero-order valence-electron chi connectivity index (χ0n) is 14.9. The summed E-state index contributed by atoms with van der Waals surface area (Å²) in [7, 11) is 0. The van der Waals surface area contributed by atoms with Gasteiger partial charge in [-0.15, -0.1) is 5.10 Å². The van der Waals surface area contributed by atoms with E-state index >= 15 is 0 Å². The van der Waals surface area contributed by atoms with Gasteiger partial charge in [-0.2, -0.15) is 13.2 Å². The van der Waals surface area contributed by atoms with Gasteiger partial charge in [-0.1, -0.05) is 12.1 Å². The van der Waals surface area contributed by atoms with Gasteiger partial charge in [-0.3, -0.25) is 5.32 Å². The Morgan fingerprint density at radius 3 is 2.44 bits per heavy atom. The fourth-order valence-electron chi connectivity index (χ4n) is 2.71. The number of nitrogens with one attached hydrogen (secondary N) is 2. The van der Waals surface area contributed by atoms with Crippen molar-refractivity contribution in [2.75, 3.05) is 5.32 Å². The number of urea groups is 1. The normalized spacial score (nSPS) is 17.9. The molecule has 1 fully saturated rings. The highest BCUT2D eigenvalue weighted by Crippen LogP contribution is 2.38. The fraction of sp³-hybridized carbons (Fsp3) is 0.444. The largest absolute Gasteiger partial charge is 0.421 e. The van der Waals surface area contributed by atoms with Gasteiger partial charge in [0.15, 0.2) is 11.4 Å². The summed E-state index contributed by atoms with van der Waals surface area (Å²) in [6.45, 7) is 2.66. The van der Waals surface area contributed by atoms with Gasteiger partial charge in [0.1, 0.15) is 0 Å². The Morgan fingerprint density at radius 2 is 1.89 bits per heavy atom. The number of aromatic nitrogens is 2. The Kier molecular flexibility index (Phi) is 4.90. The average Bonchev–Trinajstić information content (AvgIpc) is 3.34. The summed E-state index contributed by atoms with van der Waals surface area (Å²) in [5, 5.41) is 19.4. The molecule has 3 rings (SSSR count). The van der Waals surface area contributed by atoms with E-state index < -0.39 is 11.8 Å². The van der Waals surface area contributed by atoms with Gasteiger partial charge in [-0.05, 0) is 50.3 Å². The molecule has 0 aliphatic heterocycles. The van der Waals surface area contributed by atoms with Gasteiger partial charge in [0.25, 0.3) is 0 Å². The van der Waals surface area contributed by atoms with Crippen LogP contribution >= 0.6 is 0 Å². The number of carbonyl (C=O) groups excluding carboxylic acids is 1. The molecule has 2 atom stereocenters. The van der Waals surface area contributed by atoms with Crippen LogP contribution in [0.5, 0.6) is 0 Å². The summed E-state index contributed by atoms with van der Waals surface area (Å²) >= 11 is 0. The van der Waals surface area contributed by atoms with Crippen LogP contribution in [0.1, 0.15) is 32.3 Å². The molecular formula is C18H21F3N4O2. The molecular weight excluding hydrogens is 361 g/mol. The van der Waals surface area contributed by atoms with E-state index in [9.17, 15) is 23.1 Å². The van der Waals surface area contributed by atoms with Crippen LogP contribution in [0.2, 0.25) is 0 Å². The SMILES string of the molecule is C[C@@H](NC(=O)Nc1ccn(-c2ccc(C(C)(O)C(F)(F)F)cc2)n1)C1CC1. The lowest BCUT2D eigenvalue weighted by atomic mass is 9.95. The predicted molar refractivity (Wildman–Crippen MR) is 93.5 cm³/mol. The standard InChI is InChI=1S/C18H21F3N4O2/c1-11(12-3-4-12)22-16(26)23-15-9-10-25(24-15)14-7-5-13(6-8-14)17(2,27)18(19,20)21/h5-12,27H,3-4H2,1-2H3,(H2,22,23,24,26)/t11-,17?/m1/s1. The number of benzene rings is 1. The highest BCUT2D eigenvalue weighted by atomic mass is 19.4. The minimum atomic E-state index is -4.78. The zero-order valence-corrected chi connectivity index (χ0v) is 14.9. The molecule has 6 nitrogen and oxygen atoms in total. The topological polar surface area (TPSA) is 79.2 Å². The van der Waals surface area contributed by atoms with Gasteiger partial charge in [0.2, 0.25) is 0 Å². The van der Waals surface area contributed by atoms with Gasteiger partial charge in [0, 0.05) is 18.3 Å². The predicted octanol–water partition coefficient (Wildman–Crippen LogP) is 3.56. The molecule has 2 aromatic rings. The third kappa shape index (κ3) is 4.24. The summed E-state index contributed by atoms with van der Waals surface area (Å²) in [5.74, 6) is 0.850. The van der Waals surface area contributed by atoms with Gasteiger partial charge < -0.3 is 10.4 Å². The van der Waals surface area contributed by atoms with E-state index in [1.54, 1.807) is 12.3 Å². The number of nitrogens with zero attached hydrogens (tertiary/aromatic N) is 2. The first kappa shape index (κ1) is 19.2. The highest BCUT2D eigenvalue weighted by Gasteiger charge is 2.51. The Labute approximate surface area is 154 Å². The quantitative estimate of drug-likeness (QED) is 0.740. The number of amides is 2. The van der Waals surface area contributed by atoms with Crippen LogP contribution in [0.15, 0.2) is 36.5 Å². The van der Waals surface area contributed by atoms with Crippen molar-refractivity contribution in [1.29, 1.82) is 0 Å². The summed E-state index contributed by atoms with van der Waals surface area (Å²) in [6.07, 6.45) is -0.959. The molecule has 0 saturated heterocycles. The number of halogens is 3. The molecule has 1 aliphatic rings. The number of alkyl halides is 3. The van der Waals surface area contributed by atoms with Crippen molar-refractivity contribution in [3.8, 4) is 5.69 Å². The van der Waals surface area contributed by atoms with E-state index in [-0.39, 0.29) is 17.6 Å². The van der Waals surface area contributed by atoms with Gasteiger partial charge in [-0.25, -0.2) is 9.48 Å². The smallest absolute Gasteiger partial charge is 0.376 e. The molecule has 9 heteroatoms. The number of hydrogen-bond donors (Lipinski definition) is 3. The van der Waals surface area contributed by atoms with Crippen molar-refractivity contribution in [3.63, 3.8) is 0 Å². The fourth-order valence-corrected chi connectivity index (χ4v) is 2.71. The second-order valence-corrected chi connectivity index (χ2v) is 6.99. The van der Waals surface area contributed by atoms with E-state index in [2.05, 4.69) is 15.7 Å². The molecule has 1 aromatic carbocycles. The Hall–Kier alpha value is -2.55. The zero-order chi connectivity index (χ0) is 19.8. The van der Waals surface area contributed by atoms with Crippen LogP contribution in [-0.2, 0) is 5.60 Å². The minimum Gasteiger partial charge on any atom is -0.376 e. The van der Waals surface area contributed by atoms with Crippen molar-refractivity contribution in [3.05, 3.63) is 42.1 Å². The summed E-state index contributed by atoms with van der Waals surface area (Å²) < 4.78 is 40.1. The van der Waals surface area contributed by atoms with Gasteiger partial charge in [0.05, 0.1) is 5.69 Å². The van der Waals surface area contributed by atoms with Crippen molar-refractivity contribution in [1.82, 2.24) is 15.1 Å². The van der Waals surface area contributed by atoms with Crippen LogP contribution < -0.4 is 10.6 Å². The first-order valence-corrected chi connectivity index (χ1v) is 8.61. The number of aliphatic hydroxyl groups is 1. The third-order valence-corrected chi connectivity index (χ3v) is 4.76. The van der Waals surface area contributed by atoms with Crippen LogP contribution in [0.4, 0.5) is 23.8 Å². The molecule has 146 valence electrons. The van der Waals surface area contributed by atoms with E-state index in [1.165, 1.54) is 28.9 Å². The molecule has 3 N–H and O–H groups in total. The monoisotopic (exact) mass is 382 g/mol. The second-order valence-electron chi connectivity index (χ2n) is 6.99. The summed E-state index contributed by atoms with van der Waals surface area (Å²) in [6, 6.07) is 6.56. The molecule has 1 heterocycles. The van der Waals surface area contributed by atoms with Crippen LogP contribution in [0.3, 0.4) is 0 Å². The molecule has 1 aliphatic carbocycles. The molecule has 0 bridgehead atoms. The van der Waals surface area contributed by atoms with Crippen LogP contribution in [0.25, 0.3) is 5.69 Å². The molecule has 0 radical (unpaired) electrons. The highest BCUT2D eigenvalue weighted by molar-refractivity contribution is 5.88. The average molecular weight is 382 g/mol. The summed E-state index contributed by atoms with van der Waals surface area (Å²) in [5.41, 5.74) is -2.70. The maximum atomic E-state index is 12.9. The Morgan fingerprint density at radius 1 is 1.26 bits per heavy atom. The summed E-state index contributed by atoms with van der Waals surface area (Å²) in [4.78, 5) is 11.9. The first-order chi connectivity index (χ1) is 12.6. The first-order valence-electron chi connectivity index (χ1n) is 8.61. The van der Waals surface area contributed by atoms with Crippen LogP contribution in [0, 0.1) is 5.92 Å². The number of rotatable bonds is 5. The van der Waals surface area contributed by atoms with E-state index in [1.807, 2.05) is 6.92 Å². The molecule has 2 amide bonds.